The third-order valence-electron chi connectivity index (χ3n) is 4.25. The van der Waals surface area contributed by atoms with Crippen LogP contribution in [0.4, 0.5) is 0 Å². The SMILES string of the molecule is CNC[C@@H]1CCCN(C(=O)c2cccn2Cc2cccs2)C1. The Morgan fingerprint density at radius 3 is 3.09 bits per heavy atom. The number of likely N-dealkylation sites (tertiary alicyclic amines) is 1. The van der Waals surface area contributed by atoms with Gasteiger partial charge in [-0.2, -0.15) is 0 Å². The van der Waals surface area contributed by atoms with Gasteiger partial charge >= 0.3 is 0 Å². The smallest absolute Gasteiger partial charge is 0.270 e. The number of hydrogen-bond acceptors (Lipinski definition) is 3. The summed E-state index contributed by atoms with van der Waals surface area (Å²) in [6.07, 6.45) is 4.31. The molecule has 2 aromatic rings. The van der Waals surface area contributed by atoms with Crippen LogP contribution in [0.15, 0.2) is 35.8 Å². The highest BCUT2D eigenvalue weighted by Gasteiger charge is 2.25. The number of nitrogens with one attached hydrogen (secondary N) is 1. The van der Waals surface area contributed by atoms with Crippen molar-refractivity contribution in [2.45, 2.75) is 19.4 Å². The maximum atomic E-state index is 12.8. The van der Waals surface area contributed by atoms with Gasteiger partial charge in [-0.25, -0.2) is 0 Å². The van der Waals surface area contributed by atoms with E-state index >= 15 is 0 Å². The molecule has 0 aromatic carbocycles. The Balaban J connectivity index is 1.71. The van der Waals surface area contributed by atoms with Gasteiger partial charge in [-0.1, -0.05) is 6.07 Å². The molecule has 5 heteroatoms. The fraction of sp³-hybridized carbons (Fsp3) is 0.471. The first-order valence-corrected chi connectivity index (χ1v) is 8.77. The first-order chi connectivity index (χ1) is 10.8. The number of hydrogen-bond donors (Lipinski definition) is 1. The third-order valence-corrected chi connectivity index (χ3v) is 5.12. The molecule has 0 radical (unpaired) electrons. The van der Waals surface area contributed by atoms with Gasteiger partial charge in [-0.3, -0.25) is 4.79 Å². The summed E-state index contributed by atoms with van der Waals surface area (Å²) in [5, 5.41) is 5.31. The van der Waals surface area contributed by atoms with E-state index in [4.69, 9.17) is 0 Å². The van der Waals surface area contributed by atoms with Gasteiger partial charge in [0.15, 0.2) is 0 Å². The third kappa shape index (κ3) is 3.42. The number of aromatic nitrogens is 1. The Labute approximate surface area is 135 Å². The molecule has 3 heterocycles. The molecule has 0 aliphatic carbocycles. The Bertz CT molecular complexity index is 603. The van der Waals surface area contributed by atoms with Crippen LogP contribution in [0.1, 0.15) is 28.2 Å². The Hall–Kier alpha value is -1.59. The van der Waals surface area contributed by atoms with Gasteiger partial charge in [-0.15, -0.1) is 11.3 Å². The predicted octanol–water partition coefficient (Wildman–Crippen LogP) is 2.67. The normalized spacial score (nSPS) is 18.6. The summed E-state index contributed by atoms with van der Waals surface area (Å²) in [6.45, 7) is 3.51. The largest absolute Gasteiger partial charge is 0.338 e. The molecule has 0 spiro atoms. The predicted molar refractivity (Wildman–Crippen MR) is 90.4 cm³/mol. The van der Waals surface area contributed by atoms with Crippen molar-refractivity contribution in [1.29, 1.82) is 0 Å². The molecule has 118 valence electrons. The number of carbonyl (C=O) groups excluding carboxylic acids is 1. The summed E-state index contributed by atoms with van der Waals surface area (Å²) in [7, 11) is 1.98. The molecule has 3 rings (SSSR count). The van der Waals surface area contributed by atoms with E-state index in [1.807, 2.05) is 30.3 Å². The summed E-state index contributed by atoms with van der Waals surface area (Å²) in [6, 6.07) is 8.08. The van der Waals surface area contributed by atoms with E-state index in [0.29, 0.717) is 5.92 Å². The highest BCUT2D eigenvalue weighted by molar-refractivity contribution is 7.09. The number of piperidine rings is 1. The van der Waals surface area contributed by atoms with E-state index in [1.165, 1.54) is 11.3 Å². The number of nitrogens with zero attached hydrogens (tertiary/aromatic N) is 2. The van der Waals surface area contributed by atoms with Gasteiger partial charge in [0.25, 0.3) is 5.91 Å². The van der Waals surface area contributed by atoms with Gasteiger partial charge in [0.2, 0.25) is 0 Å². The molecular formula is C17H23N3OS. The molecule has 1 amide bonds. The van der Waals surface area contributed by atoms with Gasteiger partial charge in [0.05, 0.1) is 6.54 Å². The molecule has 1 N–H and O–H groups in total. The topological polar surface area (TPSA) is 37.3 Å². The lowest BCUT2D eigenvalue weighted by Gasteiger charge is -2.33. The second-order valence-electron chi connectivity index (χ2n) is 5.92. The van der Waals surface area contributed by atoms with Crippen LogP contribution in [-0.4, -0.2) is 42.1 Å². The van der Waals surface area contributed by atoms with E-state index in [2.05, 4.69) is 27.4 Å². The van der Waals surface area contributed by atoms with Crippen molar-refractivity contribution >= 4 is 17.2 Å². The van der Waals surface area contributed by atoms with Crippen LogP contribution in [0, 0.1) is 5.92 Å². The quantitative estimate of drug-likeness (QED) is 0.920. The second kappa shape index (κ2) is 7.11. The minimum absolute atomic E-state index is 0.169. The minimum Gasteiger partial charge on any atom is -0.338 e. The molecule has 1 fully saturated rings. The van der Waals surface area contributed by atoms with Crippen molar-refractivity contribution in [2.24, 2.45) is 5.92 Å². The molecule has 4 nitrogen and oxygen atoms in total. The molecule has 1 saturated heterocycles. The van der Waals surface area contributed by atoms with Gasteiger partial charge < -0.3 is 14.8 Å². The number of thiophene rings is 1. The van der Waals surface area contributed by atoms with Crippen molar-refractivity contribution in [3.05, 3.63) is 46.4 Å². The summed E-state index contributed by atoms with van der Waals surface area (Å²) in [5.74, 6) is 0.741. The lowest BCUT2D eigenvalue weighted by Crippen LogP contribution is -2.43. The number of rotatable bonds is 5. The van der Waals surface area contributed by atoms with E-state index < -0.39 is 0 Å². The maximum Gasteiger partial charge on any atom is 0.270 e. The van der Waals surface area contributed by atoms with E-state index in [-0.39, 0.29) is 5.91 Å². The Morgan fingerprint density at radius 2 is 2.32 bits per heavy atom. The highest BCUT2D eigenvalue weighted by Crippen LogP contribution is 2.19. The van der Waals surface area contributed by atoms with Gasteiger partial charge in [-0.05, 0) is 55.9 Å². The van der Waals surface area contributed by atoms with Crippen molar-refractivity contribution in [2.75, 3.05) is 26.7 Å². The van der Waals surface area contributed by atoms with E-state index in [0.717, 1.165) is 38.3 Å². The van der Waals surface area contributed by atoms with Crippen molar-refractivity contribution in [1.82, 2.24) is 14.8 Å². The first-order valence-electron chi connectivity index (χ1n) is 7.89. The Kier molecular flexibility index (Phi) is 4.95. The van der Waals surface area contributed by atoms with Crippen LogP contribution in [0.25, 0.3) is 0 Å². The van der Waals surface area contributed by atoms with Crippen LogP contribution in [0.5, 0.6) is 0 Å². The lowest BCUT2D eigenvalue weighted by atomic mass is 9.98. The first kappa shape index (κ1) is 15.3. The molecular weight excluding hydrogens is 294 g/mol. The fourth-order valence-corrected chi connectivity index (χ4v) is 3.89. The van der Waals surface area contributed by atoms with E-state index in [1.54, 1.807) is 11.3 Å². The average molecular weight is 317 g/mol. The molecule has 0 unspecified atom stereocenters. The second-order valence-corrected chi connectivity index (χ2v) is 6.95. The van der Waals surface area contributed by atoms with Crippen LogP contribution in [0.2, 0.25) is 0 Å². The lowest BCUT2D eigenvalue weighted by molar-refractivity contribution is 0.0664. The summed E-state index contributed by atoms with van der Waals surface area (Å²) in [4.78, 5) is 16.1. The summed E-state index contributed by atoms with van der Waals surface area (Å²) < 4.78 is 2.07. The van der Waals surface area contributed by atoms with Crippen molar-refractivity contribution in [3.8, 4) is 0 Å². The van der Waals surface area contributed by atoms with E-state index in [9.17, 15) is 4.79 Å². The van der Waals surface area contributed by atoms with Crippen molar-refractivity contribution < 1.29 is 4.79 Å². The fourth-order valence-electron chi connectivity index (χ4n) is 3.18. The zero-order chi connectivity index (χ0) is 15.4. The zero-order valence-corrected chi connectivity index (χ0v) is 13.8. The zero-order valence-electron chi connectivity index (χ0n) is 13.0. The molecule has 0 bridgehead atoms. The Morgan fingerprint density at radius 1 is 1.41 bits per heavy atom. The number of carbonyl (C=O) groups is 1. The molecule has 1 aliphatic rings. The average Bonchev–Trinajstić information content (AvgIpc) is 3.19. The van der Waals surface area contributed by atoms with Crippen LogP contribution in [-0.2, 0) is 6.54 Å². The number of amides is 1. The monoisotopic (exact) mass is 317 g/mol. The maximum absolute atomic E-state index is 12.8. The molecule has 0 saturated carbocycles. The van der Waals surface area contributed by atoms with Crippen molar-refractivity contribution in [3.63, 3.8) is 0 Å². The molecule has 2 aromatic heterocycles. The minimum atomic E-state index is 0.169. The van der Waals surface area contributed by atoms with Crippen LogP contribution < -0.4 is 5.32 Å². The highest BCUT2D eigenvalue weighted by atomic mass is 32.1. The summed E-state index contributed by atoms with van der Waals surface area (Å²) >= 11 is 1.73. The van der Waals surface area contributed by atoms with Crippen LogP contribution in [0.3, 0.4) is 0 Å². The molecule has 1 aliphatic heterocycles. The summed E-state index contributed by atoms with van der Waals surface area (Å²) in [5.41, 5.74) is 0.804. The van der Waals surface area contributed by atoms with Crippen LogP contribution >= 0.6 is 11.3 Å². The molecule has 22 heavy (non-hydrogen) atoms. The van der Waals surface area contributed by atoms with Gasteiger partial charge in [0, 0.05) is 24.2 Å². The standard InChI is InChI=1S/C17H23N3OS/c1-18-11-14-5-2-9-20(12-14)17(21)16-7-3-8-19(16)13-15-6-4-10-22-15/h3-4,6-8,10,14,18H,2,5,9,11-13H2,1H3/t14-/m0/s1. The van der Waals surface area contributed by atoms with Gasteiger partial charge in [0.1, 0.15) is 5.69 Å². The molecule has 1 atom stereocenters.